The second kappa shape index (κ2) is 13.1. The van der Waals surface area contributed by atoms with Crippen molar-refractivity contribution in [2.45, 2.75) is 51.4 Å². The van der Waals surface area contributed by atoms with E-state index in [0.29, 0.717) is 31.0 Å². The standard InChI is InChI=1S/C35H36BrNO5/c1-35(2,3)42-34(39)37-19-18-31(33(21-37)41-22-24-8-14-29(36)15-9-24)26-12-16-30(17-13-26)40-23-32(38)28-11-10-25-6-4-5-7-27(25)20-28/h4-17,20,31,33H,18-19,21-23H2,1-3H3/t31-,33+/m1/s1. The third-order valence-corrected chi connectivity index (χ3v) is 7.87. The van der Waals surface area contributed by atoms with Gasteiger partial charge in [0.2, 0.25) is 0 Å². The van der Waals surface area contributed by atoms with Gasteiger partial charge in [-0.25, -0.2) is 4.79 Å². The minimum Gasteiger partial charge on any atom is -0.485 e. The van der Waals surface area contributed by atoms with Crippen molar-refractivity contribution in [2.24, 2.45) is 0 Å². The third kappa shape index (κ3) is 7.78. The molecule has 1 saturated heterocycles. The Labute approximate surface area is 255 Å². The van der Waals surface area contributed by atoms with Gasteiger partial charge in [0.25, 0.3) is 0 Å². The van der Waals surface area contributed by atoms with E-state index in [-0.39, 0.29) is 30.5 Å². The molecule has 4 aromatic rings. The van der Waals surface area contributed by atoms with E-state index >= 15 is 0 Å². The van der Waals surface area contributed by atoms with Crippen molar-refractivity contribution < 1.29 is 23.8 Å². The molecule has 4 aromatic carbocycles. The molecule has 2 atom stereocenters. The number of ether oxygens (including phenoxy) is 3. The van der Waals surface area contributed by atoms with Crippen molar-refractivity contribution in [2.75, 3.05) is 19.7 Å². The highest BCUT2D eigenvalue weighted by atomic mass is 79.9. The minimum atomic E-state index is -0.562. The molecule has 1 amide bonds. The number of hydrogen-bond acceptors (Lipinski definition) is 5. The van der Waals surface area contributed by atoms with Crippen LogP contribution in [0.1, 0.15) is 54.6 Å². The minimum absolute atomic E-state index is 0.0368. The van der Waals surface area contributed by atoms with Crippen LogP contribution in [0.4, 0.5) is 4.79 Å². The summed E-state index contributed by atoms with van der Waals surface area (Å²) < 4.78 is 18.9. The zero-order chi connectivity index (χ0) is 29.7. The predicted octanol–water partition coefficient (Wildman–Crippen LogP) is 8.17. The maximum Gasteiger partial charge on any atom is 0.410 e. The van der Waals surface area contributed by atoms with Gasteiger partial charge in [-0.2, -0.15) is 0 Å². The molecule has 0 aromatic heterocycles. The smallest absolute Gasteiger partial charge is 0.410 e. The molecular weight excluding hydrogens is 594 g/mol. The summed E-state index contributed by atoms with van der Waals surface area (Å²) in [5.41, 5.74) is 2.24. The van der Waals surface area contributed by atoms with Gasteiger partial charge in [0.15, 0.2) is 12.4 Å². The Bertz CT molecular complexity index is 1530. The summed E-state index contributed by atoms with van der Waals surface area (Å²) in [6, 6.07) is 29.6. The fourth-order valence-electron chi connectivity index (χ4n) is 5.15. The molecule has 5 rings (SSSR count). The number of amides is 1. The van der Waals surface area contributed by atoms with Crippen molar-refractivity contribution in [3.63, 3.8) is 0 Å². The first-order valence-corrected chi connectivity index (χ1v) is 15.0. The van der Waals surface area contributed by atoms with Crippen LogP contribution >= 0.6 is 15.9 Å². The van der Waals surface area contributed by atoms with Gasteiger partial charge in [-0.15, -0.1) is 0 Å². The van der Waals surface area contributed by atoms with Crippen LogP contribution in [0, 0.1) is 0 Å². The summed E-state index contributed by atoms with van der Waals surface area (Å²) in [5, 5.41) is 2.13. The number of halogens is 1. The van der Waals surface area contributed by atoms with E-state index in [9.17, 15) is 9.59 Å². The molecule has 0 spiro atoms. The molecule has 1 aliphatic rings. The van der Waals surface area contributed by atoms with Crippen molar-refractivity contribution in [3.05, 3.63) is 112 Å². The summed E-state index contributed by atoms with van der Waals surface area (Å²) in [7, 11) is 0. The first-order chi connectivity index (χ1) is 20.1. The van der Waals surface area contributed by atoms with Gasteiger partial charge in [0.05, 0.1) is 19.3 Å². The molecule has 42 heavy (non-hydrogen) atoms. The van der Waals surface area contributed by atoms with Crippen LogP contribution in [0.15, 0.2) is 95.5 Å². The largest absolute Gasteiger partial charge is 0.485 e. The SMILES string of the molecule is CC(C)(C)OC(=O)N1CC[C@H](c2ccc(OCC(=O)c3ccc4ccccc4c3)cc2)[C@@H](OCc2ccc(Br)cc2)C1. The fraction of sp³-hybridized carbons (Fsp3) is 0.314. The van der Waals surface area contributed by atoms with Crippen LogP contribution in [0.2, 0.25) is 0 Å². The normalized spacial score (nSPS) is 17.2. The van der Waals surface area contributed by atoms with Crippen LogP contribution in [0.25, 0.3) is 10.8 Å². The van der Waals surface area contributed by atoms with Gasteiger partial charge in [0.1, 0.15) is 11.4 Å². The second-order valence-corrected chi connectivity index (χ2v) is 12.6. The van der Waals surface area contributed by atoms with Gasteiger partial charge in [-0.3, -0.25) is 4.79 Å². The van der Waals surface area contributed by atoms with E-state index in [4.69, 9.17) is 14.2 Å². The molecular formula is C35H36BrNO5. The maximum atomic E-state index is 12.9. The molecule has 1 fully saturated rings. The van der Waals surface area contributed by atoms with Crippen molar-refractivity contribution in [1.82, 2.24) is 4.90 Å². The van der Waals surface area contributed by atoms with Crippen LogP contribution in [0.5, 0.6) is 5.75 Å². The van der Waals surface area contributed by atoms with Crippen molar-refractivity contribution >= 4 is 38.6 Å². The molecule has 218 valence electrons. The molecule has 7 heteroatoms. The summed E-state index contributed by atoms with van der Waals surface area (Å²) in [4.78, 5) is 27.4. The first kappa shape index (κ1) is 29.8. The molecule has 6 nitrogen and oxygen atoms in total. The average molecular weight is 631 g/mol. The lowest BCUT2D eigenvalue weighted by Gasteiger charge is -2.39. The van der Waals surface area contributed by atoms with Gasteiger partial charge >= 0.3 is 6.09 Å². The topological polar surface area (TPSA) is 65.1 Å². The van der Waals surface area contributed by atoms with Crippen LogP contribution in [-0.4, -0.2) is 48.2 Å². The highest BCUT2D eigenvalue weighted by molar-refractivity contribution is 9.10. The lowest BCUT2D eigenvalue weighted by molar-refractivity contribution is -0.0359. The number of nitrogens with zero attached hydrogens (tertiary/aromatic N) is 1. The molecule has 0 bridgehead atoms. The van der Waals surface area contributed by atoms with Crippen LogP contribution < -0.4 is 4.74 Å². The van der Waals surface area contributed by atoms with E-state index in [2.05, 4.69) is 15.9 Å². The second-order valence-electron chi connectivity index (χ2n) is 11.6. The Balaban J connectivity index is 1.24. The summed E-state index contributed by atoms with van der Waals surface area (Å²) >= 11 is 3.48. The van der Waals surface area contributed by atoms with E-state index in [1.807, 2.05) is 112 Å². The Morgan fingerprint density at radius 2 is 1.62 bits per heavy atom. The van der Waals surface area contributed by atoms with Gasteiger partial charge < -0.3 is 19.1 Å². The van der Waals surface area contributed by atoms with E-state index < -0.39 is 5.60 Å². The number of rotatable bonds is 8. The Morgan fingerprint density at radius 3 is 2.33 bits per heavy atom. The number of fused-ring (bicyclic) bond motifs is 1. The Hall–Kier alpha value is -3.68. The molecule has 1 heterocycles. The summed E-state index contributed by atoms with van der Waals surface area (Å²) in [6.07, 6.45) is 0.208. The molecule has 1 aliphatic heterocycles. The lowest BCUT2D eigenvalue weighted by atomic mass is 9.87. The van der Waals surface area contributed by atoms with E-state index in [0.717, 1.165) is 32.8 Å². The van der Waals surface area contributed by atoms with Gasteiger partial charge in [0, 0.05) is 22.5 Å². The number of likely N-dealkylation sites (tertiary alicyclic amines) is 1. The van der Waals surface area contributed by atoms with Crippen molar-refractivity contribution in [1.29, 1.82) is 0 Å². The molecule has 0 N–H and O–H groups in total. The summed E-state index contributed by atoms with van der Waals surface area (Å²) in [6.45, 7) is 7.04. The number of hydrogen-bond donors (Lipinski definition) is 0. The first-order valence-electron chi connectivity index (χ1n) is 14.2. The number of piperidine rings is 1. The number of carbonyl (C=O) groups is 2. The quantitative estimate of drug-likeness (QED) is 0.184. The predicted molar refractivity (Wildman–Crippen MR) is 168 cm³/mol. The van der Waals surface area contributed by atoms with Crippen molar-refractivity contribution in [3.8, 4) is 5.75 Å². The van der Waals surface area contributed by atoms with E-state index in [1.54, 1.807) is 4.90 Å². The zero-order valence-electron chi connectivity index (χ0n) is 24.2. The van der Waals surface area contributed by atoms with E-state index in [1.165, 1.54) is 0 Å². The molecule has 0 unspecified atom stereocenters. The number of ketones is 1. The van der Waals surface area contributed by atoms with Crippen LogP contribution in [0.3, 0.4) is 0 Å². The third-order valence-electron chi connectivity index (χ3n) is 7.34. The lowest BCUT2D eigenvalue weighted by Crippen LogP contribution is -2.48. The highest BCUT2D eigenvalue weighted by Gasteiger charge is 2.35. The number of carbonyl (C=O) groups excluding carboxylic acids is 2. The van der Waals surface area contributed by atoms with Crippen LogP contribution in [-0.2, 0) is 16.1 Å². The monoisotopic (exact) mass is 629 g/mol. The maximum absolute atomic E-state index is 12.9. The number of benzene rings is 4. The molecule has 0 radical (unpaired) electrons. The average Bonchev–Trinajstić information content (AvgIpc) is 2.98. The van der Waals surface area contributed by atoms with Gasteiger partial charge in [-0.1, -0.05) is 76.6 Å². The number of Topliss-reactive ketones (excluding diaryl/α,β-unsaturated/α-hetero) is 1. The fourth-order valence-corrected chi connectivity index (χ4v) is 5.41. The summed E-state index contributed by atoms with van der Waals surface area (Å²) in [5.74, 6) is 0.652. The Kier molecular flexibility index (Phi) is 9.29. The zero-order valence-corrected chi connectivity index (χ0v) is 25.8. The van der Waals surface area contributed by atoms with Gasteiger partial charge in [-0.05, 0) is 79.4 Å². The Morgan fingerprint density at radius 1 is 0.905 bits per heavy atom. The highest BCUT2D eigenvalue weighted by Crippen LogP contribution is 2.33. The molecule has 0 aliphatic carbocycles. The molecule has 0 saturated carbocycles.